The number of amides is 4. The van der Waals surface area contributed by atoms with Crippen LogP contribution in [0, 0.1) is 0 Å². The van der Waals surface area contributed by atoms with E-state index < -0.39 is 29.9 Å². The summed E-state index contributed by atoms with van der Waals surface area (Å²) in [6.45, 7) is 0. The third-order valence-electron chi connectivity index (χ3n) is 5.72. The second-order valence-electron chi connectivity index (χ2n) is 8.30. The number of urea groups is 1. The standard InChI is InChI=1S/C30H27N3O3/c34-28(25-19-11-4-12-20-25)31-26(21-22-13-5-1-6-14-22)29(35)33-30(36)32-27(23-15-7-2-8-16-23)24-17-9-3-10-18-24/h1-20,26-27H,21H2,(H,31,34)(H2,32,33,35,36)/t26-/m0/s1. The Labute approximate surface area is 210 Å². The molecule has 3 N–H and O–H groups in total. The average molecular weight is 478 g/mol. The lowest BCUT2D eigenvalue weighted by molar-refractivity contribution is -0.121. The van der Waals surface area contributed by atoms with Crippen LogP contribution < -0.4 is 16.0 Å². The summed E-state index contributed by atoms with van der Waals surface area (Å²) in [6, 6.07) is 35.0. The Morgan fingerprint density at radius 3 is 1.58 bits per heavy atom. The molecular weight excluding hydrogens is 450 g/mol. The Morgan fingerprint density at radius 2 is 1.06 bits per heavy atom. The molecule has 4 rings (SSSR count). The van der Waals surface area contributed by atoms with Crippen LogP contribution in [-0.4, -0.2) is 23.9 Å². The van der Waals surface area contributed by atoms with E-state index in [1.807, 2.05) is 97.1 Å². The van der Waals surface area contributed by atoms with Gasteiger partial charge in [0.1, 0.15) is 6.04 Å². The number of carbonyl (C=O) groups excluding carboxylic acids is 3. The van der Waals surface area contributed by atoms with E-state index >= 15 is 0 Å². The van der Waals surface area contributed by atoms with Crippen molar-refractivity contribution < 1.29 is 14.4 Å². The molecule has 6 nitrogen and oxygen atoms in total. The molecule has 0 radical (unpaired) electrons. The van der Waals surface area contributed by atoms with Gasteiger partial charge in [-0.3, -0.25) is 14.9 Å². The van der Waals surface area contributed by atoms with Gasteiger partial charge in [-0.1, -0.05) is 109 Å². The van der Waals surface area contributed by atoms with Gasteiger partial charge in [0.2, 0.25) is 0 Å². The molecule has 0 saturated heterocycles. The Morgan fingerprint density at radius 1 is 0.583 bits per heavy atom. The lowest BCUT2D eigenvalue weighted by Gasteiger charge is -2.22. The van der Waals surface area contributed by atoms with Crippen molar-refractivity contribution in [1.82, 2.24) is 16.0 Å². The predicted octanol–water partition coefficient (Wildman–Crippen LogP) is 4.64. The van der Waals surface area contributed by atoms with Crippen molar-refractivity contribution in [3.05, 3.63) is 144 Å². The molecular formula is C30H27N3O3. The van der Waals surface area contributed by atoms with Crippen LogP contribution in [0.25, 0.3) is 0 Å². The highest BCUT2D eigenvalue weighted by Gasteiger charge is 2.25. The molecule has 0 aliphatic rings. The summed E-state index contributed by atoms with van der Waals surface area (Å²) in [5.41, 5.74) is 3.05. The molecule has 180 valence electrons. The molecule has 0 aliphatic carbocycles. The van der Waals surface area contributed by atoms with E-state index in [-0.39, 0.29) is 6.42 Å². The highest BCUT2D eigenvalue weighted by Crippen LogP contribution is 2.21. The average Bonchev–Trinajstić information content (AvgIpc) is 2.93. The van der Waals surface area contributed by atoms with Crippen LogP contribution in [-0.2, 0) is 11.2 Å². The summed E-state index contributed by atoms with van der Waals surface area (Å²) in [4.78, 5) is 39.0. The largest absolute Gasteiger partial charge is 0.340 e. The monoisotopic (exact) mass is 477 g/mol. The molecule has 4 aromatic rings. The van der Waals surface area contributed by atoms with Gasteiger partial charge in [0.15, 0.2) is 0 Å². The van der Waals surface area contributed by atoms with Gasteiger partial charge in [-0.2, -0.15) is 0 Å². The maximum absolute atomic E-state index is 13.2. The molecule has 0 aromatic heterocycles. The topological polar surface area (TPSA) is 87.3 Å². The zero-order chi connectivity index (χ0) is 25.2. The van der Waals surface area contributed by atoms with Crippen molar-refractivity contribution in [2.24, 2.45) is 0 Å². The molecule has 0 saturated carbocycles. The van der Waals surface area contributed by atoms with Gasteiger partial charge in [0.25, 0.3) is 11.8 Å². The van der Waals surface area contributed by atoms with Gasteiger partial charge < -0.3 is 10.6 Å². The quantitative estimate of drug-likeness (QED) is 0.345. The van der Waals surface area contributed by atoms with E-state index in [1.54, 1.807) is 24.3 Å². The van der Waals surface area contributed by atoms with E-state index in [0.717, 1.165) is 16.7 Å². The van der Waals surface area contributed by atoms with E-state index in [9.17, 15) is 14.4 Å². The van der Waals surface area contributed by atoms with Crippen LogP contribution in [0.15, 0.2) is 121 Å². The maximum Gasteiger partial charge on any atom is 0.322 e. The molecule has 4 aromatic carbocycles. The number of nitrogens with one attached hydrogen (secondary N) is 3. The Balaban J connectivity index is 1.50. The molecule has 0 aliphatic heterocycles. The van der Waals surface area contributed by atoms with E-state index in [1.165, 1.54) is 0 Å². The lowest BCUT2D eigenvalue weighted by Crippen LogP contribution is -2.52. The highest BCUT2D eigenvalue weighted by molar-refractivity contribution is 6.01. The van der Waals surface area contributed by atoms with Crippen LogP contribution in [0.4, 0.5) is 4.79 Å². The summed E-state index contributed by atoms with van der Waals surface area (Å²) in [7, 11) is 0. The minimum atomic E-state index is -0.947. The van der Waals surface area contributed by atoms with E-state index in [4.69, 9.17) is 0 Å². The van der Waals surface area contributed by atoms with Crippen molar-refractivity contribution in [1.29, 1.82) is 0 Å². The van der Waals surface area contributed by atoms with E-state index in [2.05, 4.69) is 16.0 Å². The molecule has 0 heterocycles. The predicted molar refractivity (Wildman–Crippen MR) is 139 cm³/mol. The number of imide groups is 1. The Hall–Kier alpha value is -4.71. The van der Waals surface area contributed by atoms with Gasteiger partial charge in [-0.15, -0.1) is 0 Å². The molecule has 0 spiro atoms. The first-order valence-corrected chi connectivity index (χ1v) is 11.7. The van der Waals surface area contributed by atoms with Gasteiger partial charge in [-0.05, 0) is 28.8 Å². The van der Waals surface area contributed by atoms with Crippen molar-refractivity contribution in [2.45, 2.75) is 18.5 Å². The Kier molecular flexibility index (Phi) is 8.22. The Bertz CT molecular complexity index is 1240. The van der Waals surface area contributed by atoms with Gasteiger partial charge >= 0.3 is 6.03 Å². The summed E-state index contributed by atoms with van der Waals surface area (Å²) in [6.07, 6.45) is 0.235. The lowest BCUT2D eigenvalue weighted by atomic mass is 9.99. The van der Waals surface area contributed by atoms with Crippen molar-refractivity contribution in [3.8, 4) is 0 Å². The van der Waals surface area contributed by atoms with Crippen LogP contribution >= 0.6 is 0 Å². The fraction of sp³-hybridized carbons (Fsp3) is 0.100. The van der Waals surface area contributed by atoms with Gasteiger partial charge in [-0.25, -0.2) is 4.79 Å². The van der Waals surface area contributed by atoms with Crippen LogP contribution in [0.1, 0.15) is 33.1 Å². The minimum absolute atomic E-state index is 0.235. The summed E-state index contributed by atoms with van der Waals surface area (Å²) < 4.78 is 0. The van der Waals surface area contributed by atoms with Crippen molar-refractivity contribution >= 4 is 17.8 Å². The highest BCUT2D eigenvalue weighted by atomic mass is 16.2. The van der Waals surface area contributed by atoms with Gasteiger partial charge in [0.05, 0.1) is 6.04 Å². The molecule has 1 atom stereocenters. The number of hydrogen-bond acceptors (Lipinski definition) is 3. The van der Waals surface area contributed by atoms with Crippen molar-refractivity contribution in [3.63, 3.8) is 0 Å². The second-order valence-corrected chi connectivity index (χ2v) is 8.30. The molecule has 0 fully saturated rings. The van der Waals surface area contributed by atoms with Crippen LogP contribution in [0.5, 0.6) is 0 Å². The third-order valence-corrected chi connectivity index (χ3v) is 5.72. The fourth-order valence-electron chi connectivity index (χ4n) is 3.91. The third kappa shape index (κ3) is 6.67. The summed E-state index contributed by atoms with van der Waals surface area (Å²) >= 11 is 0. The van der Waals surface area contributed by atoms with Crippen LogP contribution in [0.2, 0.25) is 0 Å². The smallest absolute Gasteiger partial charge is 0.322 e. The number of hydrogen-bond donors (Lipinski definition) is 3. The minimum Gasteiger partial charge on any atom is -0.340 e. The maximum atomic E-state index is 13.2. The zero-order valence-electron chi connectivity index (χ0n) is 19.6. The normalized spacial score (nSPS) is 11.4. The SMILES string of the molecule is O=C(NC(=O)[C@H](Cc1ccccc1)NC(=O)c1ccccc1)NC(c1ccccc1)c1ccccc1. The molecule has 6 heteroatoms. The van der Waals surface area contributed by atoms with Crippen LogP contribution in [0.3, 0.4) is 0 Å². The molecule has 0 bridgehead atoms. The summed E-state index contributed by atoms with van der Waals surface area (Å²) in [5.74, 6) is -0.987. The van der Waals surface area contributed by atoms with Crippen molar-refractivity contribution in [2.75, 3.05) is 0 Å². The second kappa shape index (κ2) is 12.1. The first-order chi connectivity index (χ1) is 17.6. The fourth-order valence-corrected chi connectivity index (χ4v) is 3.91. The van der Waals surface area contributed by atoms with Gasteiger partial charge in [0, 0.05) is 12.0 Å². The summed E-state index contributed by atoms with van der Waals surface area (Å²) in [5, 5.41) is 8.10. The number of rotatable bonds is 8. The number of benzene rings is 4. The zero-order valence-corrected chi connectivity index (χ0v) is 19.6. The number of carbonyl (C=O) groups is 3. The molecule has 4 amide bonds. The van der Waals surface area contributed by atoms with E-state index in [0.29, 0.717) is 5.56 Å². The molecule has 0 unspecified atom stereocenters. The molecule has 36 heavy (non-hydrogen) atoms. The first-order valence-electron chi connectivity index (χ1n) is 11.7. The first kappa shape index (κ1) is 24.4.